The second-order valence-electron chi connectivity index (χ2n) is 6.56. The predicted octanol–water partition coefficient (Wildman–Crippen LogP) is 1.46. The zero-order valence-electron chi connectivity index (χ0n) is 12.8. The van der Waals surface area contributed by atoms with E-state index in [-0.39, 0.29) is 23.9 Å². The molecule has 0 aromatic carbocycles. The summed E-state index contributed by atoms with van der Waals surface area (Å²) in [5.41, 5.74) is 0. The van der Waals surface area contributed by atoms with Gasteiger partial charge < -0.3 is 15.0 Å². The van der Waals surface area contributed by atoms with Crippen molar-refractivity contribution in [1.82, 2.24) is 10.2 Å². The summed E-state index contributed by atoms with van der Waals surface area (Å²) in [7, 11) is 0. The van der Waals surface area contributed by atoms with E-state index < -0.39 is 0 Å². The third kappa shape index (κ3) is 3.23. The first-order valence-electron chi connectivity index (χ1n) is 8.43. The van der Waals surface area contributed by atoms with E-state index in [4.69, 9.17) is 4.74 Å². The first kappa shape index (κ1) is 14.8. The Morgan fingerprint density at radius 1 is 1.29 bits per heavy atom. The number of hydrogen-bond donors (Lipinski definition) is 1. The van der Waals surface area contributed by atoms with Crippen LogP contribution in [-0.4, -0.2) is 48.1 Å². The average molecular weight is 294 g/mol. The monoisotopic (exact) mass is 294 g/mol. The molecule has 3 fully saturated rings. The van der Waals surface area contributed by atoms with Crippen LogP contribution in [0.1, 0.15) is 51.9 Å². The Balaban J connectivity index is 1.59. The van der Waals surface area contributed by atoms with Crippen LogP contribution in [0.3, 0.4) is 0 Å². The van der Waals surface area contributed by atoms with Gasteiger partial charge in [0.15, 0.2) is 0 Å². The largest absolute Gasteiger partial charge is 0.378 e. The minimum absolute atomic E-state index is 0.0565. The molecule has 0 spiro atoms. The van der Waals surface area contributed by atoms with Crippen molar-refractivity contribution in [3.8, 4) is 0 Å². The van der Waals surface area contributed by atoms with E-state index in [1.54, 1.807) is 0 Å². The van der Waals surface area contributed by atoms with Crippen molar-refractivity contribution in [1.29, 1.82) is 0 Å². The molecule has 3 rings (SSSR count). The number of nitrogens with one attached hydrogen (secondary N) is 1. The minimum Gasteiger partial charge on any atom is -0.378 e. The lowest BCUT2D eigenvalue weighted by atomic mass is 10.0. The van der Waals surface area contributed by atoms with Crippen LogP contribution >= 0.6 is 0 Å². The summed E-state index contributed by atoms with van der Waals surface area (Å²) in [4.78, 5) is 26.7. The van der Waals surface area contributed by atoms with Crippen molar-refractivity contribution in [2.24, 2.45) is 5.92 Å². The molecule has 0 aromatic rings. The van der Waals surface area contributed by atoms with Gasteiger partial charge in [0.25, 0.3) is 0 Å². The highest BCUT2D eigenvalue weighted by Gasteiger charge is 2.47. The minimum atomic E-state index is -0.324. The maximum Gasteiger partial charge on any atom is 0.245 e. The van der Waals surface area contributed by atoms with Gasteiger partial charge in [-0.2, -0.15) is 0 Å². The van der Waals surface area contributed by atoms with E-state index in [9.17, 15) is 9.59 Å². The second-order valence-corrected chi connectivity index (χ2v) is 6.56. The molecule has 1 saturated carbocycles. The molecular weight excluding hydrogens is 268 g/mol. The molecule has 1 N–H and O–H groups in total. The molecule has 5 nitrogen and oxygen atoms in total. The van der Waals surface area contributed by atoms with E-state index in [0.717, 1.165) is 45.1 Å². The van der Waals surface area contributed by atoms with Crippen molar-refractivity contribution in [2.75, 3.05) is 13.2 Å². The molecule has 0 aromatic heterocycles. The number of ether oxygens (including phenoxy) is 1. The highest BCUT2D eigenvalue weighted by molar-refractivity contribution is 5.97. The lowest BCUT2D eigenvalue weighted by Gasteiger charge is -2.39. The number of rotatable bonds is 6. The van der Waals surface area contributed by atoms with Gasteiger partial charge in [0.1, 0.15) is 12.1 Å². The molecule has 2 saturated heterocycles. The molecule has 2 heterocycles. The molecule has 1 aliphatic carbocycles. The Labute approximate surface area is 126 Å². The van der Waals surface area contributed by atoms with Crippen molar-refractivity contribution in [3.63, 3.8) is 0 Å². The normalized spacial score (nSPS) is 33.4. The van der Waals surface area contributed by atoms with E-state index in [0.29, 0.717) is 25.0 Å². The molecule has 2 aliphatic heterocycles. The van der Waals surface area contributed by atoms with Gasteiger partial charge in [0, 0.05) is 13.2 Å². The summed E-state index contributed by atoms with van der Waals surface area (Å²) in [6.45, 7) is 3.52. The molecule has 5 heteroatoms. The van der Waals surface area contributed by atoms with Gasteiger partial charge in [-0.25, -0.2) is 0 Å². The zero-order valence-corrected chi connectivity index (χ0v) is 12.8. The van der Waals surface area contributed by atoms with E-state index in [1.807, 2.05) is 11.8 Å². The molecule has 2 amide bonds. The Bertz CT molecular complexity index is 402. The number of nitrogens with zero attached hydrogens (tertiary/aromatic N) is 1. The van der Waals surface area contributed by atoms with Crippen LogP contribution in [0.2, 0.25) is 0 Å². The summed E-state index contributed by atoms with van der Waals surface area (Å²) in [5, 5.41) is 2.89. The smallest absolute Gasteiger partial charge is 0.245 e. The molecule has 118 valence electrons. The van der Waals surface area contributed by atoms with Gasteiger partial charge in [0.05, 0.1) is 6.10 Å². The topological polar surface area (TPSA) is 58.6 Å². The molecule has 0 radical (unpaired) electrons. The van der Waals surface area contributed by atoms with E-state index in [2.05, 4.69) is 5.32 Å². The van der Waals surface area contributed by atoms with E-state index >= 15 is 0 Å². The Kier molecular flexibility index (Phi) is 4.48. The summed E-state index contributed by atoms with van der Waals surface area (Å²) < 4.78 is 5.64. The maximum absolute atomic E-state index is 12.6. The van der Waals surface area contributed by atoms with Gasteiger partial charge in [-0.1, -0.05) is 6.92 Å². The Hall–Kier alpha value is -1.10. The molecular formula is C16H26N2O3. The number of hydrogen-bond acceptors (Lipinski definition) is 3. The second kappa shape index (κ2) is 6.34. The molecule has 3 unspecified atom stereocenters. The number of piperazine rings is 1. The third-order valence-electron chi connectivity index (χ3n) is 4.93. The lowest BCUT2D eigenvalue weighted by Crippen LogP contribution is -2.64. The van der Waals surface area contributed by atoms with Gasteiger partial charge in [-0.05, 0) is 50.9 Å². The van der Waals surface area contributed by atoms with Crippen molar-refractivity contribution in [2.45, 2.75) is 70.1 Å². The van der Waals surface area contributed by atoms with Crippen LogP contribution in [0.15, 0.2) is 0 Å². The molecule has 3 atom stereocenters. The Morgan fingerprint density at radius 3 is 2.71 bits per heavy atom. The fraction of sp³-hybridized carbons (Fsp3) is 0.875. The highest BCUT2D eigenvalue weighted by Crippen LogP contribution is 2.37. The highest BCUT2D eigenvalue weighted by atomic mass is 16.5. The molecule has 21 heavy (non-hydrogen) atoms. The first-order valence-corrected chi connectivity index (χ1v) is 8.43. The number of carbonyl (C=O) groups is 2. The third-order valence-corrected chi connectivity index (χ3v) is 4.93. The van der Waals surface area contributed by atoms with Gasteiger partial charge in [0.2, 0.25) is 11.8 Å². The SMILES string of the molecule is CCC1NC(=O)C(C2CC2)N(CCCC2CCCO2)C1=O. The standard InChI is InChI=1S/C16H26N2O3/c1-2-13-16(20)18(9-3-5-12-6-4-10-21-12)14(11-7-8-11)15(19)17-13/h11-14H,2-10H2,1H3,(H,17,19). The number of amides is 2. The van der Waals surface area contributed by atoms with Crippen LogP contribution in [0.25, 0.3) is 0 Å². The van der Waals surface area contributed by atoms with Crippen LogP contribution in [0.5, 0.6) is 0 Å². The van der Waals surface area contributed by atoms with Gasteiger partial charge in [-0.3, -0.25) is 9.59 Å². The first-order chi connectivity index (χ1) is 10.2. The lowest BCUT2D eigenvalue weighted by molar-refractivity contribution is -0.150. The van der Waals surface area contributed by atoms with Crippen LogP contribution in [0.4, 0.5) is 0 Å². The van der Waals surface area contributed by atoms with Crippen molar-refractivity contribution in [3.05, 3.63) is 0 Å². The van der Waals surface area contributed by atoms with Gasteiger partial charge >= 0.3 is 0 Å². The van der Waals surface area contributed by atoms with Crippen molar-refractivity contribution >= 4 is 11.8 Å². The van der Waals surface area contributed by atoms with Gasteiger partial charge in [-0.15, -0.1) is 0 Å². The van der Waals surface area contributed by atoms with Crippen LogP contribution in [-0.2, 0) is 14.3 Å². The summed E-state index contributed by atoms with van der Waals surface area (Å²) >= 11 is 0. The molecule has 3 aliphatic rings. The fourth-order valence-corrected chi connectivity index (χ4v) is 3.57. The average Bonchev–Trinajstić information content (AvgIpc) is 3.17. The Morgan fingerprint density at radius 2 is 2.10 bits per heavy atom. The van der Waals surface area contributed by atoms with E-state index in [1.165, 1.54) is 0 Å². The number of carbonyl (C=O) groups excluding carboxylic acids is 2. The zero-order chi connectivity index (χ0) is 14.8. The quantitative estimate of drug-likeness (QED) is 0.807. The summed E-state index contributed by atoms with van der Waals surface area (Å²) in [6, 6.07) is -0.542. The van der Waals surface area contributed by atoms with Crippen molar-refractivity contribution < 1.29 is 14.3 Å². The summed E-state index contributed by atoms with van der Waals surface area (Å²) in [5.74, 6) is 0.553. The summed E-state index contributed by atoms with van der Waals surface area (Å²) in [6.07, 6.45) is 7.40. The predicted molar refractivity (Wildman–Crippen MR) is 78.7 cm³/mol. The fourth-order valence-electron chi connectivity index (χ4n) is 3.57. The maximum atomic E-state index is 12.6. The van der Waals surface area contributed by atoms with Crippen LogP contribution in [0, 0.1) is 5.92 Å². The molecule has 0 bridgehead atoms. The van der Waals surface area contributed by atoms with Crippen LogP contribution < -0.4 is 5.32 Å².